The average Bonchev–Trinajstić information content (AvgIpc) is 2.69. The number of aromatic nitrogens is 2. The summed E-state index contributed by atoms with van der Waals surface area (Å²) in [7, 11) is 1.86. The molecule has 1 atom stereocenters. The summed E-state index contributed by atoms with van der Waals surface area (Å²) in [5.74, 6) is -0.764. The molecule has 0 spiro atoms. The fraction of sp³-hybridized carbons (Fsp3) is 0.400. The highest BCUT2D eigenvalue weighted by Gasteiger charge is 2.14. The van der Waals surface area contributed by atoms with Crippen LogP contribution >= 0.6 is 0 Å². The Hall–Kier alpha value is -1.75. The van der Waals surface area contributed by atoms with Crippen LogP contribution in [0.4, 0.5) is 8.78 Å². The Morgan fingerprint density at radius 2 is 1.95 bits per heavy atom. The van der Waals surface area contributed by atoms with Crippen LogP contribution in [0.15, 0.2) is 18.3 Å². The van der Waals surface area contributed by atoms with Crippen molar-refractivity contribution >= 4 is 0 Å². The Morgan fingerprint density at radius 1 is 1.25 bits per heavy atom. The van der Waals surface area contributed by atoms with E-state index in [2.05, 4.69) is 10.4 Å². The van der Waals surface area contributed by atoms with Crippen LogP contribution in [0, 0.1) is 25.5 Å². The minimum absolute atomic E-state index is 0.273. The molecule has 1 heterocycles. The number of nitrogens with zero attached hydrogens (tertiary/aromatic N) is 2. The van der Waals surface area contributed by atoms with Crippen LogP contribution in [0.3, 0.4) is 0 Å². The fourth-order valence-corrected chi connectivity index (χ4v) is 2.19. The van der Waals surface area contributed by atoms with Gasteiger partial charge < -0.3 is 5.32 Å². The van der Waals surface area contributed by atoms with Gasteiger partial charge in [0.15, 0.2) is 0 Å². The molecule has 1 aromatic heterocycles. The van der Waals surface area contributed by atoms with Crippen molar-refractivity contribution in [2.45, 2.75) is 33.4 Å². The SMILES string of the molecule is Cc1cc(F)c(C(C)NCc2cn(C)nc2C)cc1F. The maximum Gasteiger partial charge on any atom is 0.128 e. The first kappa shape index (κ1) is 14.7. The Morgan fingerprint density at radius 3 is 2.55 bits per heavy atom. The molecule has 2 aromatic rings. The molecule has 0 aliphatic heterocycles. The second-order valence-electron chi connectivity index (χ2n) is 5.14. The number of hydrogen-bond donors (Lipinski definition) is 1. The van der Waals surface area contributed by atoms with Crippen molar-refractivity contribution in [2.24, 2.45) is 7.05 Å². The average molecular weight is 279 g/mol. The monoisotopic (exact) mass is 279 g/mol. The van der Waals surface area contributed by atoms with Crippen LogP contribution in [-0.4, -0.2) is 9.78 Å². The van der Waals surface area contributed by atoms with Crippen molar-refractivity contribution in [3.05, 3.63) is 52.3 Å². The van der Waals surface area contributed by atoms with Crippen LogP contribution in [0.25, 0.3) is 0 Å². The van der Waals surface area contributed by atoms with E-state index in [9.17, 15) is 8.78 Å². The summed E-state index contributed by atoms with van der Waals surface area (Å²) in [5, 5.41) is 7.44. The first-order valence-corrected chi connectivity index (χ1v) is 6.56. The highest BCUT2D eigenvalue weighted by Crippen LogP contribution is 2.21. The van der Waals surface area contributed by atoms with E-state index in [1.165, 1.54) is 12.1 Å². The summed E-state index contributed by atoms with van der Waals surface area (Å²) in [6.45, 7) is 5.86. The normalized spacial score (nSPS) is 12.7. The van der Waals surface area contributed by atoms with Gasteiger partial charge in [0.25, 0.3) is 0 Å². The number of rotatable bonds is 4. The van der Waals surface area contributed by atoms with E-state index in [1.54, 1.807) is 11.6 Å². The Kier molecular flexibility index (Phi) is 4.18. The number of nitrogens with one attached hydrogen (secondary N) is 1. The third kappa shape index (κ3) is 3.04. The van der Waals surface area contributed by atoms with Crippen LogP contribution < -0.4 is 5.32 Å². The smallest absolute Gasteiger partial charge is 0.128 e. The first-order valence-electron chi connectivity index (χ1n) is 6.56. The quantitative estimate of drug-likeness (QED) is 0.931. The maximum atomic E-state index is 13.9. The third-order valence-corrected chi connectivity index (χ3v) is 3.46. The molecule has 0 radical (unpaired) electrons. The second kappa shape index (κ2) is 5.71. The molecule has 20 heavy (non-hydrogen) atoms. The lowest BCUT2D eigenvalue weighted by Crippen LogP contribution is -2.19. The number of aryl methyl sites for hydroxylation is 3. The van der Waals surface area contributed by atoms with Crippen LogP contribution in [0.2, 0.25) is 0 Å². The van der Waals surface area contributed by atoms with Crippen LogP contribution in [0.5, 0.6) is 0 Å². The summed E-state index contributed by atoms with van der Waals surface area (Å²) in [6, 6.07) is 2.22. The van der Waals surface area contributed by atoms with Gasteiger partial charge in [0, 0.05) is 37.0 Å². The van der Waals surface area contributed by atoms with Gasteiger partial charge in [-0.25, -0.2) is 8.78 Å². The van der Waals surface area contributed by atoms with Gasteiger partial charge in [-0.3, -0.25) is 4.68 Å². The molecule has 108 valence electrons. The van der Waals surface area contributed by atoms with E-state index >= 15 is 0 Å². The van der Waals surface area contributed by atoms with E-state index in [0.29, 0.717) is 17.7 Å². The molecule has 1 unspecified atom stereocenters. The zero-order chi connectivity index (χ0) is 14.9. The molecule has 0 aliphatic carbocycles. The zero-order valence-electron chi connectivity index (χ0n) is 12.2. The molecule has 0 amide bonds. The lowest BCUT2D eigenvalue weighted by molar-refractivity contribution is 0.516. The van der Waals surface area contributed by atoms with Crippen molar-refractivity contribution in [3.8, 4) is 0 Å². The molecule has 1 aromatic carbocycles. The van der Waals surface area contributed by atoms with Gasteiger partial charge in [-0.05, 0) is 38.5 Å². The van der Waals surface area contributed by atoms with E-state index in [0.717, 1.165) is 11.3 Å². The molecular weight excluding hydrogens is 260 g/mol. The molecule has 3 nitrogen and oxygen atoms in total. The van der Waals surface area contributed by atoms with Gasteiger partial charge in [-0.1, -0.05) is 0 Å². The molecule has 0 aliphatic rings. The van der Waals surface area contributed by atoms with E-state index in [1.807, 2.05) is 27.1 Å². The summed E-state index contributed by atoms with van der Waals surface area (Å²) in [4.78, 5) is 0. The number of hydrogen-bond acceptors (Lipinski definition) is 2. The maximum absolute atomic E-state index is 13.9. The van der Waals surface area contributed by atoms with Crippen LogP contribution in [-0.2, 0) is 13.6 Å². The molecule has 1 N–H and O–H groups in total. The first-order chi connectivity index (χ1) is 9.38. The van der Waals surface area contributed by atoms with Gasteiger partial charge >= 0.3 is 0 Å². The second-order valence-corrected chi connectivity index (χ2v) is 5.14. The zero-order valence-corrected chi connectivity index (χ0v) is 12.2. The van der Waals surface area contributed by atoms with Crippen molar-refractivity contribution in [1.82, 2.24) is 15.1 Å². The predicted octanol–water partition coefficient (Wildman–Crippen LogP) is 3.17. The molecule has 2 rings (SSSR count). The van der Waals surface area contributed by atoms with Gasteiger partial charge in [0.05, 0.1) is 5.69 Å². The topological polar surface area (TPSA) is 29.9 Å². The molecule has 5 heteroatoms. The largest absolute Gasteiger partial charge is 0.306 e. The minimum atomic E-state index is -0.383. The lowest BCUT2D eigenvalue weighted by Gasteiger charge is -2.15. The van der Waals surface area contributed by atoms with Gasteiger partial charge in [0.2, 0.25) is 0 Å². The van der Waals surface area contributed by atoms with Crippen molar-refractivity contribution < 1.29 is 8.78 Å². The lowest BCUT2D eigenvalue weighted by atomic mass is 10.0. The predicted molar refractivity (Wildman–Crippen MR) is 74.3 cm³/mol. The summed E-state index contributed by atoms with van der Waals surface area (Å²) < 4.78 is 29.1. The summed E-state index contributed by atoms with van der Waals surface area (Å²) in [5.41, 5.74) is 2.64. The van der Waals surface area contributed by atoms with Gasteiger partial charge in [-0.15, -0.1) is 0 Å². The van der Waals surface area contributed by atoms with Crippen LogP contribution in [0.1, 0.15) is 35.3 Å². The third-order valence-electron chi connectivity index (χ3n) is 3.46. The Balaban J connectivity index is 2.11. The molecular formula is C15H19F2N3. The minimum Gasteiger partial charge on any atom is -0.306 e. The highest BCUT2D eigenvalue weighted by atomic mass is 19.1. The van der Waals surface area contributed by atoms with E-state index in [-0.39, 0.29) is 17.7 Å². The van der Waals surface area contributed by atoms with Crippen molar-refractivity contribution in [1.29, 1.82) is 0 Å². The standard InChI is InChI=1S/C15H19F2N3/c1-9-5-15(17)13(6-14(9)16)11(3)18-7-12-8-20(4)19-10(12)2/h5-6,8,11,18H,7H2,1-4H3. The van der Waals surface area contributed by atoms with E-state index < -0.39 is 0 Å². The van der Waals surface area contributed by atoms with Gasteiger partial charge in [-0.2, -0.15) is 5.10 Å². The molecule has 0 saturated carbocycles. The Bertz CT molecular complexity index is 620. The summed E-state index contributed by atoms with van der Waals surface area (Å²) >= 11 is 0. The molecule has 0 bridgehead atoms. The number of benzene rings is 1. The fourth-order valence-electron chi connectivity index (χ4n) is 2.19. The van der Waals surface area contributed by atoms with E-state index in [4.69, 9.17) is 0 Å². The van der Waals surface area contributed by atoms with Crippen molar-refractivity contribution in [3.63, 3.8) is 0 Å². The van der Waals surface area contributed by atoms with Crippen molar-refractivity contribution in [2.75, 3.05) is 0 Å². The highest BCUT2D eigenvalue weighted by molar-refractivity contribution is 5.27. The molecule has 0 saturated heterocycles. The van der Waals surface area contributed by atoms with Gasteiger partial charge in [0.1, 0.15) is 11.6 Å². The number of halogens is 2. The Labute approximate surface area is 117 Å². The molecule has 0 fully saturated rings. The summed E-state index contributed by atoms with van der Waals surface area (Å²) in [6.07, 6.45) is 1.92.